The summed E-state index contributed by atoms with van der Waals surface area (Å²) >= 11 is 0. The van der Waals surface area contributed by atoms with Crippen LogP contribution in [0.25, 0.3) is 0 Å². The van der Waals surface area contributed by atoms with Crippen LogP contribution in [0.2, 0.25) is 0 Å². The average molecular weight is 288 g/mol. The van der Waals surface area contributed by atoms with Crippen LogP contribution in [-0.2, 0) is 21.3 Å². The summed E-state index contributed by atoms with van der Waals surface area (Å²) in [7, 11) is -3.62. The zero-order chi connectivity index (χ0) is 14.3. The van der Waals surface area contributed by atoms with Gasteiger partial charge in [-0.15, -0.1) is 0 Å². The summed E-state index contributed by atoms with van der Waals surface area (Å²) < 4.78 is 37.3. The van der Waals surface area contributed by atoms with Gasteiger partial charge in [0.1, 0.15) is 5.76 Å². The molecule has 19 heavy (non-hydrogen) atoms. The molecule has 1 saturated heterocycles. The van der Waals surface area contributed by atoms with Gasteiger partial charge < -0.3 is 14.9 Å². The van der Waals surface area contributed by atoms with Gasteiger partial charge in [0.25, 0.3) is 10.0 Å². The molecule has 108 valence electrons. The Balaban J connectivity index is 2.28. The molecule has 6 nitrogen and oxygen atoms in total. The van der Waals surface area contributed by atoms with Crippen molar-refractivity contribution in [2.45, 2.75) is 44.1 Å². The van der Waals surface area contributed by atoms with Gasteiger partial charge in [-0.1, -0.05) is 0 Å². The van der Waals surface area contributed by atoms with E-state index in [9.17, 15) is 8.42 Å². The first-order valence-corrected chi connectivity index (χ1v) is 7.65. The highest BCUT2D eigenvalue weighted by atomic mass is 32.2. The van der Waals surface area contributed by atoms with Crippen LogP contribution in [0.4, 0.5) is 0 Å². The van der Waals surface area contributed by atoms with Crippen LogP contribution < -0.4 is 5.73 Å². The maximum Gasteiger partial charge on any atom is 0.276 e. The van der Waals surface area contributed by atoms with Crippen molar-refractivity contribution >= 4 is 10.0 Å². The van der Waals surface area contributed by atoms with Crippen molar-refractivity contribution in [2.24, 2.45) is 5.73 Å². The molecule has 0 amide bonds. The van der Waals surface area contributed by atoms with E-state index in [0.29, 0.717) is 18.8 Å². The fraction of sp³-hybridized carbons (Fsp3) is 0.667. The molecule has 1 atom stereocenters. The van der Waals surface area contributed by atoms with Crippen molar-refractivity contribution < 1.29 is 17.6 Å². The molecule has 1 aromatic rings. The Morgan fingerprint density at radius 1 is 1.47 bits per heavy atom. The molecule has 2 N–H and O–H groups in total. The van der Waals surface area contributed by atoms with Crippen LogP contribution in [0.3, 0.4) is 0 Å². The highest BCUT2D eigenvalue weighted by Gasteiger charge is 2.39. The van der Waals surface area contributed by atoms with Crippen LogP contribution in [-0.4, -0.2) is 37.5 Å². The van der Waals surface area contributed by atoms with Crippen LogP contribution in [0.1, 0.15) is 26.5 Å². The van der Waals surface area contributed by atoms with Gasteiger partial charge in [-0.2, -0.15) is 4.31 Å². The molecule has 1 aliphatic heterocycles. The molecule has 0 radical (unpaired) electrons. The van der Waals surface area contributed by atoms with E-state index in [2.05, 4.69) is 0 Å². The van der Waals surface area contributed by atoms with E-state index in [1.807, 2.05) is 20.8 Å². The number of morpholine rings is 1. The number of nitrogens with two attached hydrogens (primary N) is 1. The van der Waals surface area contributed by atoms with Crippen molar-refractivity contribution in [3.05, 3.63) is 17.9 Å². The lowest BCUT2D eigenvalue weighted by molar-refractivity contribution is -0.109. The summed E-state index contributed by atoms with van der Waals surface area (Å²) in [6.45, 7) is 6.41. The third-order valence-electron chi connectivity index (χ3n) is 2.97. The maximum atomic E-state index is 12.5. The molecule has 7 heteroatoms. The highest BCUT2D eigenvalue weighted by molar-refractivity contribution is 7.89. The van der Waals surface area contributed by atoms with Gasteiger partial charge in [0.05, 0.1) is 18.2 Å². The number of hydrogen-bond donors (Lipinski definition) is 1. The van der Waals surface area contributed by atoms with Crippen molar-refractivity contribution in [1.82, 2.24) is 4.31 Å². The predicted octanol–water partition coefficient (Wildman–Crippen LogP) is 0.926. The van der Waals surface area contributed by atoms with E-state index in [-0.39, 0.29) is 17.7 Å². The van der Waals surface area contributed by atoms with E-state index >= 15 is 0 Å². The summed E-state index contributed by atoms with van der Waals surface area (Å²) in [6, 6.07) is 3.03. The third-order valence-corrected chi connectivity index (χ3v) is 4.66. The fourth-order valence-electron chi connectivity index (χ4n) is 2.31. The van der Waals surface area contributed by atoms with E-state index in [4.69, 9.17) is 14.9 Å². The second-order valence-corrected chi connectivity index (χ2v) is 7.28. The zero-order valence-corrected chi connectivity index (χ0v) is 12.2. The molecule has 2 heterocycles. The average Bonchev–Trinajstić information content (AvgIpc) is 2.75. The van der Waals surface area contributed by atoms with Gasteiger partial charge >= 0.3 is 0 Å². The Morgan fingerprint density at radius 3 is 2.68 bits per heavy atom. The second kappa shape index (κ2) is 4.90. The Morgan fingerprint density at radius 2 is 2.16 bits per heavy atom. The summed E-state index contributed by atoms with van der Waals surface area (Å²) in [6.07, 6.45) is -0.150. The number of sulfonamides is 1. The van der Waals surface area contributed by atoms with Gasteiger partial charge in [-0.3, -0.25) is 0 Å². The first kappa shape index (κ1) is 14.5. The standard InChI is InChI=1S/C12H20N2O4S/c1-9-7-14(8-12(2,3)18-9)19(15,16)11-5-4-10(6-13)17-11/h4-5,9H,6-8,13H2,1-3H3. The smallest absolute Gasteiger partial charge is 0.276 e. The first-order chi connectivity index (χ1) is 8.74. The van der Waals surface area contributed by atoms with E-state index in [1.165, 1.54) is 10.4 Å². The van der Waals surface area contributed by atoms with Crippen LogP contribution in [0.15, 0.2) is 21.6 Å². The normalized spacial score (nSPS) is 24.5. The van der Waals surface area contributed by atoms with Crippen LogP contribution >= 0.6 is 0 Å². The van der Waals surface area contributed by atoms with Gasteiger partial charge in [-0.05, 0) is 32.9 Å². The SMILES string of the molecule is CC1CN(S(=O)(=O)c2ccc(CN)o2)CC(C)(C)O1. The van der Waals surface area contributed by atoms with Crippen LogP contribution in [0, 0.1) is 0 Å². The Labute approximate surface area is 113 Å². The summed E-state index contributed by atoms with van der Waals surface area (Å²) in [5, 5.41) is -0.0575. The molecule has 0 aromatic carbocycles. The molecule has 1 aromatic heterocycles. The lowest BCUT2D eigenvalue weighted by Crippen LogP contribution is -2.53. The number of nitrogens with zero attached hydrogens (tertiary/aromatic N) is 1. The van der Waals surface area contributed by atoms with Crippen molar-refractivity contribution in [3.8, 4) is 0 Å². The summed E-state index contributed by atoms with van der Waals surface area (Å²) in [5.74, 6) is 0.458. The van der Waals surface area contributed by atoms with E-state index in [1.54, 1.807) is 6.07 Å². The predicted molar refractivity (Wildman–Crippen MR) is 70.0 cm³/mol. The molecule has 0 aliphatic carbocycles. The molecule has 1 fully saturated rings. The minimum atomic E-state index is -3.62. The van der Waals surface area contributed by atoms with Crippen molar-refractivity contribution in [2.75, 3.05) is 13.1 Å². The maximum absolute atomic E-state index is 12.5. The Bertz CT molecular complexity index is 550. The number of rotatable bonds is 3. The molecular formula is C12H20N2O4S. The molecule has 0 spiro atoms. The van der Waals surface area contributed by atoms with Gasteiger partial charge in [0.15, 0.2) is 0 Å². The van der Waals surface area contributed by atoms with Gasteiger partial charge in [-0.25, -0.2) is 8.42 Å². The lowest BCUT2D eigenvalue weighted by Gasteiger charge is -2.40. The van der Waals surface area contributed by atoms with Gasteiger partial charge in [0.2, 0.25) is 5.09 Å². The van der Waals surface area contributed by atoms with Crippen molar-refractivity contribution in [3.63, 3.8) is 0 Å². The first-order valence-electron chi connectivity index (χ1n) is 6.21. The largest absolute Gasteiger partial charge is 0.447 e. The number of furan rings is 1. The molecule has 1 unspecified atom stereocenters. The highest BCUT2D eigenvalue weighted by Crippen LogP contribution is 2.27. The third kappa shape index (κ3) is 3.00. The Kier molecular flexibility index (Phi) is 3.74. The quantitative estimate of drug-likeness (QED) is 0.894. The minimum absolute atomic E-state index is 0.0575. The molecule has 1 aliphatic rings. The van der Waals surface area contributed by atoms with E-state index in [0.717, 1.165) is 0 Å². The van der Waals surface area contributed by atoms with Crippen molar-refractivity contribution in [1.29, 1.82) is 0 Å². The molecular weight excluding hydrogens is 268 g/mol. The molecule has 0 bridgehead atoms. The van der Waals surface area contributed by atoms with Crippen LogP contribution in [0.5, 0.6) is 0 Å². The fourth-order valence-corrected chi connectivity index (χ4v) is 3.91. The zero-order valence-electron chi connectivity index (χ0n) is 11.4. The van der Waals surface area contributed by atoms with E-state index < -0.39 is 15.6 Å². The summed E-state index contributed by atoms with van der Waals surface area (Å²) in [4.78, 5) is 0. The number of ether oxygens (including phenoxy) is 1. The lowest BCUT2D eigenvalue weighted by atomic mass is 10.1. The second-order valence-electron chi connectivity index (χ2n) is 5.41. The Hall–Kier alpha value is -0.890. The number of hydrogen-bond acceptors (Lipinski definition) is 5. The minimum Gasteiger partial charge on any atom is -0.447 e. The summed E-state index contributed by atoms with van der Waals surface area (Å²) in [5.41, 5.74) is 4.92. The monoisotopic (exact) mass is 288 g/mol. The molecule has 2 rings (SSSR count). The molecule has 0 saturated carbocycles. The topological polar surface area (TPSA) is 85.8 Å². The van der Waals surface area contributed by atoms with Gasteiger partial charge in [0, 0.05) is 13.1 Å².